The first kappa shape index (κ1) is 27.3. The van der Waals surface area contributed by atoms with Crippen molar-refractivity contribution in [3.8, 4) is 0 Å². The van der Waals surface area contributed by atoms with E-state index in [0.717, 1.165) is 6.26 Å². The molecule has 2 atom stereocenters. The average Bonchev–Trinajstić information content (AvgIpc) is 2.90. The minimum atomic E-state index is -3.35. The molecule has 1 aliphatic heterocycles. The van der Waals surface area contributed by atoms with Crippen LogP contribution in [-0.2, 0) is 24.1 Å². The molecule has 1 unspecified atom stereocenters. The molecule has 0 spiro atoms. The van der Waals surface area contributed by atoms with Crippen LogP contribution in [0.5, 0.6) is 0 Å². The second kappa shape index (κ2) is 10.7. The molecule has 0 saturated heterocycles. The fraction of sp³-hybridized carbons (Fsp3) is 0.500. The first-order valence-corrected chi connectivity index (χ1v) is 11.1. The van der Waals surface area contributed by atoms with Crippen molar-refractivity contribution < 1.29 is 84.3 Å². The number of benzene rings is 1. The van der Waals surface area contributed by atoms with Crippen LogP contribution in [0.25, 0.3) is 5.57 Å². The van der Waals surface area contributed by atoms with Crippen LogP contribution in [0.3, 0.4) is 0 Å². The van der Waals surface area contributed by atoms with Gasteiger partial charge in [0, 0.05) is 6.26 Å². The van der Waals surface area contributed by atoms with E-state index < -0.39 is 34.1 Å². The average molecular weight is 464 g/mol. The number of hydrogen-bond acceptors (Lipinski definition) is 8. The smallest absolute Gasteiger partial charge is 0.548 e. The van der Waals surface area contributed by atoms with Crippen molar-refractivity contribution in [2.24, 2.45) is 4.99 Å². The molecule has 0 aromatic heterocycles. The molecule has 0 aliphatic carbocycles. The van der Waals surface area contributed by atoms with Gasteiger partial charge in [-0.3, -0.25) is 0 Å². The molecule has 2 rings (SSSR count). The summed E-state index contributed by atoms with van der Waals surface area (Å²) in [5.74, 6) is -1.30. The predicted molar refractivity (Wildman–Crippen MR) is 106 cm³/mol. The van der Waals surface area contributed by atoms with Crippen molar-refractivity contribution in [2.45, 2.75) is 56.8 Å². The van der Waals surface area contributed by atoms with Gasteiger partial charge in [-0.05, 0) is 44.9 Å². The summed E-state index contributed by atoms with van der Waals surface area (Å²) in [7, 11) is -3.35. The van der Waals surface area contributed by atoms with E-state index in [1.807, 2.05) is 13.8 Å². The normalized spacial score (nSPS) is 21.4. The van der Waals surface area contributed by atoms with Gasteiger partial charge in [0.1, 0.15) is 11.6 Å². The van der Waals surface area contributed by atoms with E-state index in [0.29, 0.717) is 17.6 Å². The third kappa shape index (κ3) is 6.15. The number of rotatable bonds is 8. The number of ether oxygens (including phenoxy) is 2. The van der Waals surface area contributed by atoms with E-state index in [1.54, 1.807) is 26.0 Å². The molecule has 1 N–H and O–H groups in total. The van der Waals surface area contributed by atoms with Gasteiger partial charge in [0.15, 0.2) is 15.6 Å². The minimum absolute atomic E-state index is 0. The number of aliphatic hydroxyl groups excluding tert-OH is 1. The van der Waals surface area contributed by atoms with Gasteiger partial charge in [0.05, 0.1) is 29.1 Å². The number of nitrogens with zero attached hydrogens (tertiary/aromatic N) is 1. The van der Waals surface area contributed by atoms with Crippen LogP contribution >= 0.6 is 0 Å². The monoisotopic (exact) mass is 463 g/mol. The molecule has 0 saturated carbocycles. The van der Waals surface area contributed by atoms with E-state index in [1.165, 1.54) is 12.1 Å². The topological polar surface area (TPSA) is 125 Å². The van der Waals surface area contributed by atoms with Gasteiger partial charge in [0.2, 0.25) is 0 Å². The summed E-state index contributed by atoms with van der Waals surface area (Å²) < 4.78 is 35.4. The van der Waals surface area contributed by atoms with E-state index in [9.17, 15) is 23.4 Å². The van der Waals surface area contributed by atoms with Crippen molar-refractivity contribution in [2.75, 3.05) is 12.9 Å². The zero-order valence-corrected chi connectivity index (χ0v) is 22.1. The zero-order chi connectivity index (χ0) is 22.0. The molecular formula is C20H26KNO7S. The standard InChI is InChI=1S/C20H27NO7S.K/c1-6-20(4)16(13-7-9-14(10-8-13)29(5,25)26)17(27-12(2)3)18(28-20)21-15(11-22)19(23)24;/h7-10,12,15,22H,6,11H2,1-5H3,(H,23,24);/q;+1/p-1/t15?,20-;/m0./s1. The molecule has 1 heterocycles. The van der Waals surface area contributed by atoms with Gasteiger partial charge in [-0.2, -0.15) is 0 Å². The molecule has 160 valence electrons. The maximum absolute atomic E-state index is 11.8. The number of aliphatic imine (C=N–C) groups is 1. The molecule has 1 aromatic carbocycles. The number of aliphatic hydroxyl groups is 1. The van der Waals surface area contributed by atoms with Crippen molar-refractivity contribution in [1.82, 2.24) is 0 Å². The number of hydrogen-bond donors (Lipinski definition) is 1. The van der Waals surface area contributed by atoms with Crippen LogP contribution in [0.4, 0.5) is 0 Å². The first-order chi connectivity index (χ1) is 13.4. The molecular weight excluding hydrogens is 437 g/mol. The number of sulfone groups is 1. The Hall–Kier alpha value is -0.754. The predicted octanol–water partition coefficient (Wildman–Crippen LogP) is -2.06. The summed E-state index contributed by atoms with van der Waals surface area (Å²) in [5.41, 5.74) is 0.404. The van der Waals surface area contributed by atoms with Crippen LogP contribution in [0.15, 0.2) is 39.9 Å². The molecule has 1 aromatic rings. The van der Waals surface area contributed by atoms with E-state index in [2.05, 4.69) is 4.99 Å². The molecule has 8 nitrogen and oxygen atoms in total. The Balaban J connectivity index is 0.00000450. The molecule has 0 fully saturated rings. The summed E-state index contributed by atoms with van der Waals surface area (Å²) in [6.45, 7) is 6.57. The second-order valence-electron chi connectivity index (χ2n) is 7.31. The SMILES string of the molecule is CC[C@]1(C)OC(=NC(CO)C(=O)[O-])C(OC(C)C)=C1c1ccc(S(C)(=O)=O)cc1.[K+]. The zero-order valence-electron chi connectivity index (χ0n) is 18.1. The Morgan fingerprint density at radius 1 is 1.30 bits per heavy atom. The summed E-state index contributed by atoms with van der Waals surface area (Å²) in [4.78, 5) is 15.4. The molecule has 0 amide bonds. The Labute approximate surface area is 219 Å². The number of carbonyl (C=O) groups is 1. The van der Waals surface area contributed by atoms with Gasteiger partial charge >= 0.3 is 51.4 Å². The maximum atomic E-state index is 11.8. The molecule has 1 aliphatic rings. The van der Waals surface area contributed by atoms with E-state index in [-0.39, 0.29) is 74.0 Å². The fourth-order valence-corrected chi connectivity index (χ4v) is 3.58. The summed E-state index contributed by atoms with van der Waals surface area (Å²) in [5, 5.41) is 20.5. The number of aliphatic carboxylic acids is 1. The molecule has 10 heteroatoms. The van der Waals surface area contributed by atoms with Gasteiger partial charge in [-0.25, -0.2) is 13.4 Å². The van der Waals surface area contributed by atoms with Crippen LogP contribution in [0, 0.1) is 0 Å². The van der Waals surface area contributed by atoms with Crippen molar-refractivity contribution in [1.29, 1.82) is 0 Å². The van der Waals surface area contributed by atoms with Gasteiger partial charge in [-0.15, -0.1) is 0 Å². The first-order valence-electron chi connectivity index (χ1n) is 9.23. The van der Waals surface area contributed by atoms with Crippen LogP contribution in [0.2, 0.25) is 0 Å². The Kier molecular flexibility index (Phi) is 9.74. The van der Waals surface area contributed by atoms with Crippen molar-refractivity contribution in [3.05, 3.63) is 35.6 Å². The second-order valence-corrected chi connectivity index (χ2v) is 9.32. The third-order valence-corrected chi connectivity index (χ3v) is 5.72. The van der Waals surface area contributed by atoms with Crippen molar-refractivity contribution in [3.63, 3.8) is 0 Å². The Morgan fingerprint density at radius 2 is 1.87 bits per heavy atom. The summed E-state index contributed by atoms with van der Waals surface area (Å²) in [6.07, 6.45) is 1.37. The van der Waals surface area contributed by atoms with Gasteiger partial charge in [-0.1, -0.05) is 19.1 Å². The Morgan fingerprint density at radius 3 is 2.27 bits per heavy atom. The van der Waals surface area contributed by atoms with E-state index in [4.69, 9.17) is 9.47 Å². The number of carboxylic acids is 1. The third-order valence-electron chi connectivity index (χ3n) is 4.59. The number of carbonyl (C=O) groups excluding carboxylic acids is 1. The maximum Gasteiger partial charge on any atom is 1.00 e. The van der Waals surface area contributed by atoms with E-state index >= 15 is 0 Å². The quantitative estimate of drug-likeness (QED) is 0.440. The minimum Gasteiger partial charge on any atom is -0.548 e. The summed E-state index contributed by atoms with van der Waals surface area (Å²) in [6, 6.07) is 4.79. The Bertz CT molecular complexity index is 938. The molecule has 0 radical (unpaired) electrons. The summed E-state index contributed by atoms with van der Waals surface area (Å²) >= 11 is 0. The van der Waals surface area contributed by atoms with Gasteiger partial charge < -0.3 is 24.5 Å². The largest absolute Gasteiger partial charge is 1.00 e. The van der Waals surface area contributed by atoms with Crippen molar-refractivity contribution >= 4 is 27.3 Å². The molecule has 30 heavy (non-hydrogen) atoms. The van der Waals surface area contributed by atoms with Crippen LogP contribution in [-0.4, -0.2) is 56.0 Å². The van der Waals surface area contributed by atoms with Crippen LogP contribution < -0.4 is 56.5 Å². The van der Waals surface area contributed by atoms with Gasteiger partial charge in [0.25, 0.3) is 5.90 Å². The molecule has 0 bridgehead atoms. The number of carboxylic acid groups (broad SMARTS) is 1. The van der Waals surface area contributed by atoms with Crippen LogP contribution in [0.1, 0.15) is 39.7 Å². The fourth-order valence-electron chi connectivity index (χ4n) is 2.95.